The molecule has 0 aromatic heterocycles. The van der Waals surface area contributed by atoms with Gasteiger partial charge in [-0.25, -0.2) is 4.99 Å². The first-order valence-corrected chi connectivity index (χ1v) is 10.8. The predicted molar refractivity (Wildman–Crippen MR) is 131 cm³/mol. The fourth-order valence-corrected chi connectivity index (χ4v) is 3.81. The normalized spacial score (nSPS) is 19.7. The van der Waals surface area contributed by atoms with Crippen molar-refractivity contribution in [2.45, 2.75) is 38.5 Å². The van der Waals surface area contributed by atoms with Gasteiger partial charge in [-0.15, -0.1) is 24.0 Å². The number of nitrogens with one attached hydrogen (secondary N) is 2. The van der Waals surface area contributed by atoms with Crippen LogP contribution in [-0.2, 0) is 27.3 Å². The molecule has 2 aliphatic rings. The Bertz CT molecular complexity index is 647. The van der Waals surface area contributed by atoms with E-state index in [1.165, 1.54) is 11.1 Å². The second-order valence-corrected chi connectivity index (χ2v) is 7.71. The Morgan fingerprint density at radius 3 is 2.40 bits per heavy atom. The van der Waals surface area contributed by atoms with Crippen molar-refractivity contribution in [2.75, 3.05) is 59.7 Å². The zero-order chi connectivity index (χ0) is 20.4. The van der Waals surface area contributed by atoms with Crippen molar-refractivity contribution in [2.24, 2.45) is 4.99 Å². The van der Waals surface area contributed by atoms with Crippen LogP contribution in [0, 0.1) is 0 Å². The number of rotatable bonds is 8. The van der Waals surface area contributed by atoms with Crippen molar-refractivity contribution in [1.82, 2.24) is 15.5 Å². The van der Waals surface area contributed by atoms with E-state index in [9.17, 15) is 0 Å². The van der Waals surface area contributed by atoms with Crippen LogP contribution in [-0.4, -0.2) is 76.2 Å². The average Bonchev–Trinajstić information content (AvgIpc) is 2.78. The lowest BCUT2D eigenvalue weighted by Gasteiger charge is -2.36. The highest BCUT2D eigenvalue weighted by Gasteiger charge is 2.32. The Morgan fingerprint density at radius 2 is 1.73 bits per heavy atom. The van der Waals surface area contributed by atoms with Gasteiger partial charge in [-0.05, 0) is 18.1 Å². The molecule has 1 aromatic rings. The number of guanidine groups is 1. The first kappa shape index (κ1) is 25.3. The van der Waals surface area contributed by atoms with Crippen LogP contribution in [0.5, 0.6) is 0 Å². The first-order valence-electron chi connectivity index (χ1n) is 10.8. The van der Waals surface area contributed by atoms with Crippen LogP contribution in [0.3, 0.4) is 0 Å². The summed E-state index contributed by atoms with van der Waals surface area (Å²) in [7, 11) is 1.79. The van der Waals surface area contributed by atoms with Gasteiger partial charge >= 0.3 is 0 Å². The van der Waals surface area contributed by atoms with E-state index in [4.69, 9.17) is 19.2 Å². The van der Waals surface area contributed by atoms with Crippen LogP contribution in [0.2, 0.25) is 0 Å². The maximum absolute atomic E-state index is 5.83. The van der Waals surface area contributed by atoms with E-state index < -0.39 is 0 Å². The number of aliphatic imine (C=N–C) groups is 1. The lowest BCUT2D eigenvalue weighted by Crippen LogP contribution is -2.50. The zero-order valence-corrected chi connectivity index (χ0v) is 20.7. The van der Waals surface area contributed by atoms with Crippen LogP contribution in [0.1, 0.15) is 30.9 Å². The third-order valence-electron chi connectivity index (χ3n) is 5.78. The Hall–Kier alpha value is -0.940. The van der Waals surface area contributed by atoms with Crippen molar-refractivity contribution in [1.29, 1.82) is 0 Å². The van der Waals surface area contributed by atoms with Crippen LogP contribution in [0.25, 0.3) is 0 Å². The lowest BCUT2D eigenvalue weighted by atomic mass is 9.94. The number of methoxy groups -OCH3 is 1. The summed E-state index contributed by atoms with van der Waals surface area (Å²) in [6.07, 6.45) is 1.80. The van der Waals surface area contributed by atoms with Crippen LogP contribution in [0.4, 0.5) is 0 Å². The standard InChI is InChI=1S/C22H36N4O3.HI/c1-3-23-21(25-18-22(27-2)8-12-28-13-9-22)24-16-19-6-4-5-7-20(19)17-26-10-14-29-15-11-26;/h4-7H,3,8-18H2,1-2H3,(H2,23,24,25);1H. The van der Waals surface area contributed by atoms with Crippen molar-refractivity contribution in [3.8, 4) is 0 Å². The number of nitrogens with zero attached hydrogens (tertiary/aromatic N) is 2. The Balaban J connectivity index is 0.00000320. The number of ether oxygens (including phenoxy) is 3. The first-order chi connectivity index (χ1) is 14.2. The number of halogens is 1. The fraction of sp³-hybridized carbons (Fsp3) is 0.682. The van der Waals surface area contributed by atoms with Gasteiger partial charge in [0.15, 0.2) is 5.96 Å². The van der Waals surface area contributed by atoms with Crippen molar-refractivity contribution < 1.29 is 14.2 Å². The summed E-state index contributed by atoms with van der Waals surface area (Å²) in [4.78, 5) is 7.30. The predicted octanol–water partition coefficient (Wildman–Crippen LogP) is 2.39. The molecule has 1 aromatic carbocycles. The number of benzene rings is 1. The minimum atomic E-state index is -0.178. The molecule has 170 valence electrons. The van der Waals surface area contributed by atoms with Gasteiger partial charge in [-0.2, -0.15) is 0 Å². The molecule has 0 atom stereocenters. The molecule has 0 bridgehead atoms. The molecule has 0 radical (unpaired) electrons. The number of hydrogen-bond acceptors (Lipinski definition) is 5. The van der Waals surface area contributed by atoms with Crippen molar-refractivity contribution in [3.05, 3.63) is 35.4 Å². The SMILES string of the molecule is CCNC(=NCc1ccccc1CN1CCOCC1)NCC1(OC)CCOCC1.I. The minimum Gasteiger partial charge on any atom is -0.381 e. The van der Waals surface area contributed by atoms with Gasteiger partial charge in [-0.1, -0.05) is 24.3 Å². The topological polar surface area (TPSA) is 67.4 Å². The summed E-state index contributed by atoms with van der Waals surface area (Å²) in [5.74, 6) is 0.830. The maximum atomic E-state index is 5.83. The molecule has 0 amide bonds. The number of morpholine rings is 1. The van der Waals surface area contributed by atoms with Gasteiger partial charge in [0.2, 0.25) is 0 Å². The molecular weight excluding hydrogens is 495 g/mol. The second-order valence-electron chi connectivity index (χ2n) is 7.71. The zero-order valence-electron chi connectivity index (χ0n) is 18.3. The van der Waals surface area contributed by atoms with Crippen LogP contribution in [0.15, 0.2) is 29.3 Å². The third kappa shape index (κ3) is 7.64. The van der Waals surface area contributed by atoms with E-state index >= 15 is 0 Å². The van der Waals surface area contributed by atoms with Gasteiger partial charge in [0, 0.05) is 65.9 Å². The van der Waals surface area contributed by atoms with E-state index in [0.29, 0.717) is 6.54 Å². The molecule has 2 fully saturated rings. The summed E-state index contributed by atoms with van der Waals surface area (Å²) in [6, 6.07) is 8.59. The molecule has 2 aliphatic heterocycles. The van der Waals surface area contributed by atoms with Gasteiger partial charge in [0.05, 0.1) is 25.4 Å². The minimum absolute atomic E-state index is 0. The van der Waals surface area contributed by atoms with Crippen molar-refractivity contribution in [3.63, 3.8) is 0 Å². The Morgan fingerprint density at radius 1 is 1.07 bits per heavy atom. The molecule has 3 rings (SSSR count). The molecule has 30 heavy (non-hydrogen) atoms. The highest BCUT2D eigenvalue weighted by Crippen LogP contribution is 2.23. The summed E-state index contributed by atoms with van der Waals surface area (Å²) in [5.41, 5.74) is 2.43. The molecule has 2 saturated heterocycles. The van der Waals surface area contributed by atoms with Crippen molar-refractivity contribution >= 4 is 29.9 Å². The smallest absolute Gasteiger partial charge is 0.191 e. The maximum Gasteiger partial charge on any atom is 0.191 e. The quantitative estimate of drug-likeness (QED) is 0.305. The Kier molecular flexibility index (Phi) is 11.4. The van der Waals surface area contributed by atoms with Gasteiger partial charge in [0.1, 0.15) is 0 Å². The summed E-state index contributed by atoms with van der Waals surface area (Å²) in [6.45, 7) is 10.4. The molecule has 2 N–H and O–H groups in total. The second kappa shape index (κ2) is 13.5. The molecule has 0 saturated carbocycles. The fourth-order valence-electron chi connectivity index (χ4n) is 3.81. The molecule has 2 heterocycles. The highest BCUT2D eigenvalue weighted by atomic mass is 127. The average molecular weight is 532 g/mol. The largest absolute Gasteiger partial charge is 0.381 e. The molecule has 0 aliphatic carbocycles. The van der Waals surface area contributed by atoms with E-state index in [2.05, 4.69) is 46.7 Å². The lowest BCUT2D eigenvalue weighted by molar-refractivity contribution is -0.0855. The molecule has 0 spiro atoms. The summed E-state index contributed by atoms with van der Waals surface area (Å²) < 4.78 is 16.8. The monoisotopic (exact) mass is 532 g/mol. The highest BCUT2D eigenvalue weighted by molar-refractivity contribution is 14.0. The van der Waals surface area contributed by atoms with Gasteiger partial charge < -0.3 is 24.8 Å². The van der Waals surface area contributed by atoms with Gasteiger partial charge in [-0.3, -0.25) is 4.90 Å². The Labute approximate surface area is 197 Å². The molecule has 8 heteroatoms. The summed E-state index contributed by atoms with van der Waals surface area (Å²) >= 11 is 0. The van der Waals surface area contributed by atoms with Crippen LogP contribution >= 0.6 is 24.0 Å². The van der Waals surface area contributed by atoms with Gasteiger partial charge in [0.25, 0.3) is 0 Å². The van der Waals surface area contributed by atoms with E-state index in [1.807, 2.05) is 0 Å². The molecule has 7 nitrogen and oxygen atoms in total. The molecular formula is C22H37IN4O3. The van der Waals surface area contributed by atoms with Crippen LogP contribution < -0.4 is 10.6 Å². The van der Waals surface area contributed by atoms with E-state index in [1.54, 1.807) is 7.11 Å². The number of hydrogen-bond donors (Lipinski definition) is 2. The summed E-state index contributed by atoms with van der Waals surface area (Å²) in [5, 5.41) is 6.84. The van der Waals surface area contributed by atoms with E-state index in [0.717, 1.165) is 78.0 Å². The molecule has 0 unspecified atom stereocenters. The third-order valence-corrected chi connectivity index (χ3v) is 5.78. The van der Waals surface area contributed by atoms with E-state index in [-0.39, 0.29) is 29.6 Å².